The summed E-state index contributed by atoms with van der Waals surface area (Å²) in [5, 5.41) is 17.3. The summed E-state index contributed by atoms with van der Waals surface area (Å²) in [6.45, 7) is 9.58. The molecule has 0 saturated heterocycles. The van der Waals surface area contributed by atoms with Gasteiger partial charge in [0, 0.05) is 33.5 Å². The Bertz CT molecular complexity index is 821. The highest BCUT2D eigenvalue weighted by Gasteiger charge is 2.39. The standard InChI is InChI=1S/C61H122O4.CH4O/c1-4-7-10-13-16-19-22-25-28-31-34-37-40-43-46-49-52-63-59-55-58(57-62)56-60(64-53-50-47-44-41-38-35-32-29-26-23-20-17-14-11-8-5-2)61(59)65-54-51-48-45-42-39-36-33-30-27-24-21-18-15-12-9-6-3;1-2/h58-62H,4-57H2,1-3H3;2H,1H3. The highest BCUT2D eigenvalue weighted by atomic mass is 16.6. The lowest BCUT2D eigenvalue weighted by Crippen LogP contribution is -2.49. The summed E-state index contributed by atoms with van der Waals surface area (Å²) in [6.07, 6.45) is 68.6. The Morgan fingerprint density at radius 2 is 0.448 bits per heavy atom. The lowest BCUT2D eigenvalue weighted by atomic mass is 9.83. The van der Waals surface area contributed by atoms with Crippen LogP contribution < -0.4 is 0 Å². The molecule has 1 aliphatic carbocycles. The Morgan fingerprint density at radius 3 is 0.642 bits per heavy atom. The number of aliphatic hydroxyl groups is 2. The molecule has 1 aliphatic rings. The highest BCUT2D eigenvalue weighted by Crippen LogP contribution is 2.32. The van der Waals surface area contributed by atoms with Gasteiger partial charge < -0.3 is 24.4 Å². The first-order chi connectivity index (χ1) is 33.3. The van der Waals surface area contributed by atoms with E-state index in [4.69, 9.17) is 19.3 Å². The topological polar surface area (TPSA) is 68.2 Å². The molecule has 1 rings (SSSR count). The van der Waals surface area contributed by atoms with Crippen LogP contribution in [0, 0.1) is 5.92 Å². The molecule has 0 aromatic heterocycles. The van der Waals surface area contributed by atoms with Gasteiger partial charge in [0.15, 0.2) is 0 Å². The molecule has 2 unspecified atom stereocenters. The average molecular weight is 952 g/mol. The monoisotopic (exact) mass is 951 g/mol. The maximum absolute atomic E-state index is 10.3. The summed E-state index contributed by atoms with van der Waals surface area (Å²) in [7, 11) is 1.00. The zero-order valence-electron chi connectivity index (χ0n) is 46.6. The number of unbranched alkanes of at least 4 members (excludes halogenated alkanes) is 45. The van der Waals surface area contributed by atoms with Crippen molar-refractivity contribution < 1.29 is 24.4 Å². The summed E-state index contributed by atoms with van der Waals surface area (Å²) in [4.78, 5) is 0. The normalized spacial score (nSPS) is 17.3. The van der Waals surface area contributed by atoms with Gasteiger partial charge in [0.05, 0.1) is 12.2 Å². The molecule has 0 bridgehead atoms. The summed E-state index contributed by atoms with van der Waals surface area (Å²) in [6, 6.07) is 0. The van der Waals surface area contributed by atoms with Crippen LogP contribution >= 0.6 is 0 Å². The largest absolute Gasteiger partial charge is 0.400 e. The van der Waals surface area contributed by atoms with E-state index in [1.165, 1.54) is 289 Å². The summed E-state index contributed by atoms with van der Waals surface area (Å²) < 4.78 is 20.1. The lowest BCUT2D eigenvalue weighted by Gasteiger charge is -2.41. The smallest absolute Gasteiger partial charge is 0.110 e. The molecule has 0 spiro atoms. The van der Waals surface area contributed by atoms with E-state index in [1.807, 2.05) is 0 Å². The SMILES string of the molecule is CCCCCCCCCCCCCCCCCCOC1CC(CO)CC(OCCCCCCCCCCCCCCCCCC)C1OCCCCCCCCCCCCCCCCCC.CO. The maximum Gasteiger partial charge on any atom is 0.110 e. The van der Waals surface area contributed by atoms with Gasteiger partial charge in [0.1, 0.15) is 6.10 Å². The van der Waals surface area contributed by atoms with E-state index in [0.717, 1.165) is 59.0 Å². The van der Waals surface area contributed by atoms with Crippen LogP contribution in [0.25, 0.3) is 0 Å². The second-order valence-corrected chi connectivity index (χ2v) is 21.6. The number of hydrogen-bond donors (Lipinski definition) is 2. The molecule has 2 atom stereocenters. The van der Waals surface area contributed by atoms with Crippen LogP contribution in [0.15, 0.2) is 0 Å². The van der Waals surface area contributed by atoms with Gasteiger partial charge in [-0.15, -0.1) is 0 Å². The molecule has 5 heteroatoms. The van der Waals surface area contributed by atoms with Crippen molar-refractivity contribution >= 4 is 0 Å². The van der Waals surface area contributed by atoms with Gasteiger partial charge in [-0.2, -0.15) is 0 Å². The average Bonchev–Trinajstić information content (AvgIpc) is 3.35. The van der Waals surface area contributed by atoms with Crippen LogP contribution in [-0.2, 0) is 14.2 Å². The highest BCUT2D eigenvalue weighted by molar-refractivity contribution is 4.89. The molecule has 0 aliphatic heterocycles. The van der Waals surface area contributed by atoms with Gasteiger partial charge in [-0.1, -0.05) is 310 Å². The number of hydrogen-bond acceptors (Lipinski definition) is 5. The minimum absolute atomic E-state index is 0.00347. The molecule has 0 aromatic rings. The zero-order chi connectivity index (χ0) is 48.6. The first-order valence-electron chi connectivity index (χ1n) is 31.2. The van der Waals surface area contributed by atoms with Crippen LogP contribution in [0.1, 0.15) is 342 Å². The van der Waals surface area contributed by atoms with Crippen LogP contribution in [0.3, 0.4) is 0 Å². The molecule has 404 valence electrons. The fraction of sp³-hybridized carbons (Fsp3) is 1.00. The molecule has 5 nitrogen and oxygen atoms in total. The van der Waals surface area contributed by atoms with E-state index in [-0.39, 0.29) is 30.8 Å². The predicted molar refractivity (Wildman–Crippen MR) is 296 cm³/mol. The van der Waals surface area contributed by atoms with Gasteiger partial charge in [-0.3, -0.25) is 0 Å². The predicted octanol–water partition coefficient (Wildman–Crippen LogP) is 19.9. The Hall–Kier alpha value is -0.200. The number of aliphatic hydroxyl groups excluding tert-OH is 2. The fourth-order valence-electron chi connectivity index (χ4n) is 10.6. The van der Waals surface area contributed by atoms with Crippen molar-refractivity contribution in [2.45, 2.75) is 360 Å². The van der Waals surface area contributed by atoms with Crippen molar-refractivity contribution in [3.63, 3.8) is 0 Å². The van der Waals surface area contributed by atoms with Crippen LogP contribution in [0.5, 0.6) is 0 Å². The summed E-state index contributed by atoms with van der Waals surface area (Å²) in [5.41, 5.74) is 0. The Balaban J connectivity index is 0.0000215. The third-order valence-corrected chi connectivity index (χ3v) is 15.1. The van der Waals surface area contributed by atoms with Gasteiger partial charge in [-0.25, -0.2) is 0 Å². The molecule has 1 saturated carbocycles. The molecular weight excluding hydrogens is 825 g/mol. The van der Waals surface area contributed by atoms with Crippen molar-refractivity contribution in [3.8, 4) is 0 Å². The number of ether oxygens (including phenoxy) is 3. The quantitative estimate of drug-likeness (QED) is 0.0595. The maximum atomic E-state index is 10.3. The van der Waals surface area contributed by atoms with Crippen molar-refractivity contribution in [2.75, 3.05) is 33.5 Å². The van der Waals surface area contributed by atoms with Crippen molar-refractivity contribution in [1.29, 1.82) is 0 Å². The second kappa shape index (κ2) is 58.4. The van der Waals surface area contributed by atoms with Crippen LogP contribution in [0.4, 0.5) is 0 Å². The van der Waals surface area contributed by atoms with Gasteiger partial charge >= 0.3 is 0 Å². The van der Waals surface area contributed by atoms with E-state index in [2.05, 4.69) is 20.8 Å². The molecule has 0 amide bonds. The Morgan fingerprint density at radius 1 is 0.269 bits per heavy atom. The molecule has 2 N–H and O–H groups in total. The molecule has 1 fully saturated rings. The van der Waals surface area contributed by atoms with Gasteiger partial charge in [0.2, 0.25) is 0 Å². The van der Waals surface area contributed by atoms with Crippen LogP contribution in [-0.4, -0.2) is 62.1 Å². The summed E-state index contributed by atoms with van der Waals surface area (Å²) >= 11 is 0. The van der Waals surface area contributed by atoms with E-state index in [0.29, 0.717) is 0 Å². The first-order valence-corrected chi connectivity index (χ1v) is 31.2. The third kappa shape index (κ3) is 47.9. The first kappa shape index (κ1) is 66.8. The number of rotatable bonds is 55. The molecule has 0 heterocycles. The van der Waals surface area contributed by atoms with Crippen molar-refractivity contribution in [1.82, 2.24) is 0 Å². The third-order valence-electron chi connectivity index (χ3n) is 15.1. The second-order valence-electron chi connectivity index (χ2n) is 21.6. The summed E-state index contributed by atoms with van der Waals surface area (Å²) in [5.74, 6) is 0.247. The van der Waals surface area contributed by atoms with Crippen molar-refractivity contribution in [3.05, 3.63) is 0 Å². The Kier molecular flexibility index (Phi) is 58.2. The minimum Gasteiger partial charge on any atom is -0.400 e. The van der Waals surface area contributed by atoms with Crippen molar-refractivity contribution in [2.24, 2.45) is 5.92 Å². The zero-order valence-corrected chi connectivity index (χ0v) is 46.6. The van der Waals surface area contributed by atoms with E-state index in [1.54, 1.807) is 0 Å². The molecule has 0 aromatic carbocycles. The van der Waals surface area contributed by atoms with Gasteiger partial charge in [-0.05, 0) is 38.0 Å². The molecule has 0 radical (unpaired) electrons. The molecule has 67 heavy (non-hydrogen) atoms. The van der Waals surface area contributed by atoms with Gasteiger partial charge in [0.25, 0.3) is 0 Å². The minimum atomic E-state index is -0.00347. The van der Waals surface area contributed by atoms with E-state index in [9.17, 15) is 5.11 Å². The van der Waals surface area contributed by atoms with E-state index >= 15 is 0 Å². The Labute approximate surface area is 422 Å². The fourth-order valence-corrected chi connectivity index (χ4v) is 10.6. The van der Waals surface area contributed by atoms with Crippen LogP contribution in [0.2, 0.25) is 0 Å². The van der Waals surface area contributed by atoms with E-state index < -0.39 is 0 Å². The lowest BCUT2D eigenvalue weighted by molar-refractivity contribution is -0.172. The molecular formula is C62H126O5.